The Balaban J connectivity index is 2.06. The summed E-state index contributed by atoms with van der Waals surface area (Å²) in [6.45, 7) is 1.94. The zero-order valence-electron chi connectivity index (χ0n) is 10.2. The first-order chi connectivity index (χ1) is 9.04. The van der Waals surface area contributed by atoms with E-state index in [1.807, 2.05) is 24.4 Å². The van der Waals surface area contributed by atoms with E-state index in [-0.39, 0.29) is 0 Å². The van der Waals surface area contributed by atoms with E-state index in [4.69, 9.17) is 5.11 Å². The third-order valence-corrected chi connectivity index (χ3v) is 3.17. The van der Waals surface area contributed by atoms with Crippen molar-refractivity contribution in [2.24, 2.45) is 0 Å². The van der Waals surface area contributed by atoms with Gasteiger partial charge in [-0.3, -0.25) is 9.59 Å². The topological polar surface area (TPSA) is 79.3 Å². The van der Waals surface area contributed by atoms with Crippen molar-refractivity contribution in [3.8, 4) is 11.3 Å². The van der Waals surface area contributed by atoms with Gasteiger partial charge in [0.15, 0.2) is 0 Å². The SMILES string of the molecule is Cc1nc(-c2ccc(NC(=O)CC(=O)O)cc2)cs1. The number of amides is 1. The molecule has 6 heteroatoms. The third kappa shape index (κ3) is 3.62. The number of aliphatic carboxylic acids is 1. The minimum Gasteiger partial charge on any atom is -0.481 e. The molecule has 1 heterocycles. The Kier molecular flexibility index (Phi) is 3.91. The summed E-state index contributed by atoms with van der Waals surface area (Å²) >= 11 is 1.57. The zero-order chi connectivity index (χ0) is 13.8. The molecule has 0 aliphatic heterocycles. The lowest BCUT2D eigenvalue weighted by Gasteiger charge is -2.04. The monoisotopic (exact) mass is 276 g/mol. The maximum Gasteiger partial charge on any atom is 0.312 e. The second-order valence-electron chi connectivity index (χ2n) is 3.95. The van der Waals surface area contributed by atoms with Gasteiger partial charge in [-0.05, 0) is 19.1 Å². The fourth-order valence-electron chi connectivity index (χ4n) is 1.56. The summed E-state index contributed by atoms with van der Waals surface area (Å²) in [5.74, 6) is -1.68. The number of nitrogens with zero attached hydrogens (tertiary/aromatic N) is 1. The van der Waals surface area contributed by atoms with Crippen molar-refractivity contribution >= 4 is 28.9 Å². The van der Waals surface area contributed by atoms with Gasteiger partial charge in [0.1, 0.15) is 6.42 Å². The second-order valence-corrected chi connectivity index (χ2v) is 5.01. The number of hydrogen-bond acceptors (Lipinski definition) is 4. The van der Waals surface area contributed by atoms with E-state index in [0.717, 1.165) is 16.3 Å². The van der Waals surface area contributed by atoms with Crippen LogP contribution in [0.4, 0.5) is 5.69 Å². The van der Waals surface area contributed by atoms with Crippen molar-refractivity contribution in [1.29, 1.82) is 0 Å². The highest BCUT2D eigenvalue weighted by Crippen LogP contribution is 2.23. The Labute approximate surface area is 113 Å². The molecular formula is C13H12N2O3S. The van der Waals surface area contributed by atoms with Gasteiger partial charge < -0.3 is 10.4 Å². The van der Waals surface area contributed by atoms with Crippen molar-refractivity contribution in [3.63, 3.8) is 0 Å². The van der Waals surface area contributed by atoms with Crippen molar-refractivity contribution in [1.82, 2.24) is 4.98 Å². The molecule has 0 saturated carbocycles. The molecule has 0 bridgehead atoms. The number of carbonyl (C=O) groups is 2. The lowest BCUT2D eigenvalue weighted by atomic mass is 10.1. The van der Waals surface area contributed by atoms with Crippen LogP contribution in [-0.4, -0.2) is 22.0 Å². The molecule has 0 saturated heterocycles. The molecule has 5 nitrogen and oxygen atoms in total. The van der Waals surface area contributed by atoms with Gasteiger partial charge >= 0.3 is 5.97 Å². The fourth-order valence-corrected chi connectivity index (χ4v) is 2.18. The molecule has 1 amide bonds. The van der Waals surface area contributed by atoms with Crippen LogP contribution in [-0.2, 0) is 9.59 Å². The largest absolute Gasteiger partial charge is 0.481 e. The van der Waals surface area contributed by atoms with E-state index in [0.29, 0.717) is 5.69 Å². The first-order valence-corrected chi connectivity index (χ1v) is 6.47. The van der Waals surface area contributed by atoms with Crippen molar-refractivity contribution in [3.05, 3.63) is 34.7 Å². The highest BCUT2D eigenvalue weighted by molar-refractivity contribution is 7.09. The zero-order valence-corrected chi connectivity index (χ0v) is 11.0. The molecule has 2 N–H and O–H groups in total. The number of aromatic nitrogens is 1. The molecule has 98 valence electrons. The van der Waals surface area contributed by atoms with Gasteiger partial charge in [0.25, 0.3) is 0 Å². The Morgan fingerprint density at radius 3 is 2.53 bits per heavy atom. The average Bonchev–Trinajstić information content (AvgIpc) is 2.75. The van der Waals surface area contributed by atoms with Crippen molar-refractivity contribution < 1.29 is 14.7 Å². The van der Waals surface area contributed by atoms with Crippen LogP contribution >= 0.6 is 11.3 Å². The number of carboxylic acids is 1. The van der Waals surface area contributed by atoms with Crippen LogP contribution in [0.25, 0.3) is 11.3 Å². The molecule has 0 spiro atoms. The number of aryl methyl sites for hydroxylation is 1. The van der Waals surface area contributed by atoms with Gasteiger partial charge in [0, 0.05) is 16.6 Å². The van der Waals surface area contributed by atoms with E-state index in [2.05, 4.69) is 10.3 Å². The molecule has 0 unspecified atom stereocenters. The number of nitrogens with one attached hydrogen (secondary N) is 1. The molecule has 2 aromatic rings. The van der Waals surface area contributed by atoms with Crippen molar-refractivity contribution in [2.45, 2.75) is 13.3 Å². The molecule has 0 fully saturated rings. The van der Waals surface area contributed by atoms with Crippen LogP contribution in [0.3, 0.4) is 0 Å². The quantitative estimate of drug-likeness (QED) is 0.841. The van der Waals surface area contributed by atoms with Crippen LogP contribution in [0, 0.1) is 6.92 Å². The Bertz CT molecular complexity index is 605. The molecule has 0 aliphatic rings. The van der Waals surface area contributed by atoms with Gasteiger partial charge in [-0.1, -0.05) is 12.1 Å². The van der Waals surface area contributed by atoms with Gasteiger partial charge in [-0.15, -0.1) is 11.3 Å². The van der Waals surface area contributed by atoms with E-state index >= 15 is 0 Å². The predicted molar refractivity (Wildman–Crippen MR) is 73.2 cm³/mol. The van der Waals surface area contributed by atoms with Gasteiger partial charge in [-0.25, -0.2) is 4.98 Å². The molecular weight excluding hydrogens is 264 g/mol. The Morgan fingerprint density at radius 1 is 1.32 bits per heavy atom. The lowest BCUT2D eigenvalue weighted by Crippen LogP contribution is -2.15. The van der Waals surface area contributed by atoms with Crippen LogP contribution in [0.15, 0.2) is 29.6 Å². The minimum atomic E-state index is -1.15. The van der Waals surface area contributed by atoms with Crippen molar-refractivity contribution in [2.75, 3.05) is 5.32 Å². The van der Waals surface area contributed by atoms with E-state index in [1.54, 1.807) is 23.5 Å². The van der Waals surface area contributed by atoms with Gasteiger partial charge in [0.05, 0.1) is 10.7 Å². The Hall–Kier alpha value is -2.21. The number of thiazole rings is 1. The summed E-state index contributed by atoms with van der Waals surface area (Å²) in [4.78, 5) is 26.0. The Morgan fingerprint density at radius 2 is 2.00 bits per heavy atom. The van der Waals surface area contributed by atoms with Gasteiger partial charge in [0.2, 0.25) is 5.91 Å². The average molecular weight is 276 g/mol. The highest BCUT2D eigenvalue weighted by atomic mass is 32.1. The molecule has 0 aliphatic carbocycles. The first-order valence-electron chi connectivity index (χ1n) is 5.59. The molecule has 19 heavy (non-hydrogen) atoms. The smallest absolute Gasteiger partial charge is 0.312 e. The molecule has 2 rings (SSSR count). The maximum absolute atomic E-state index is 11.3. The lowest BCUT2D eigenvalue weighted by molar-refractivity contribution is -0.139. The van der Waals surface area contributed by atoms with Crippen LogP contribution < -0.4 is 5.32 Å². The number of rotatable bonds is 4. The van der Waals surface area contributed by atoms with Crippen LogP contribution in [0.5, 0.6) is 0 Å². The van der Waals surface area contributed by atoms with Gasteiger partial charge in [-0.2, -0.15) is 0 Å². The predicted octanol–water partition coefficient (Wildman–Crippen LogP) is 2.53. The van der Waals surface area contributed by atoms with E-state index in [9.17, 15) is 9.59 Å². The minimum absolute atomic E-state index is 0.535. The van der Waals surface area contributed by atoms with Crippen LogP contribution in [0.1, 0.15) is 11.4 Å². The summed E-state index contributed by atoms with van der Waals surface area (Å²) in [6.07, 6.45) is -0.535. The highest BCUT2D eigenvalue weighted by Gasteiger charge is 2.08. The second kappa shape index (κ2) is 5.62. The molecule has 0 radical (unpaired) electrons. The first kappa shape index (κ1) is 13.2. The summed E-state index contributed by atoms with van der Waals surface area (Å²) in [5, 5.41) is 14.0. The third-order valence-electron chi connectivity index (χ3n) is 2.40. The summed E-state index contributed by atoms with van der Waals surface area (Å²) in [6, 6.07) is 7.13. The number of benzene rings is 1. The molecule has 1 aromatic heterocycles. The summed E-state index contributed by atoms with van der Waals surface area (Å²) in [5.41, 5.74) is 2.42. The molecule has 1 aromatic carbocycles. The number of carboxylic acid groups (broad SMARTS) is 1. The normalized spacial score (nSPS) is 10.2. The number of anilines is 1. The number of carbonyl (C=O) groups excluding carboxylic acids is 1. The summed E-state index contributed by atoms with van der Waals surface area (Å²) in [7, 11) is 0. The standard InChI is InChI=1S/C13H12N2O3S/c1-8-14-11(7-19-8)9-2-4-10(5-3-9)15-12(16)6-13(17)18/h2-5,7H,6H2,1H3,(H,15,16)(H,17,18). The fraction of sp³-hybridized carbons (Fsp3) is 0.154. The summed E-state index contributed by atoms with van der Waals surface area (Å²) < 4.78 is 0. The number of hydrogen-bond donors (Lipinski definition) is 2. The van der Waals surface area contributed by atoms with E-state index < -0.39 is 18.3 Å². The van der Waals surface area contributed by atoms with Crippen LogP contribution in [0.2, 0.25) is 0 Å². The maximum atomic E-state index is 11.3. The van der Waals surface area contributed by atoms with E-state index in [1.165, 1.54) is 0 Å². The molecule has 0 atom stereocenters.